The molecule has 3 unspecified atom stereocenters. The Morgan fingerprint density at radius 2 is 2.05 bits per heavy atom. The van der Waals surface area contributed by atoms with Crippen LogP contribution in [0.2, 0.25) is 0 Å². The van der Waals surface area contributed by atoms with Gasteiger partial charge in [-0.25, -0.2) is 4.79 Å². The molecule has 0 radical (unpaired) electrons. The van der Waals surface area contributed by atoms with E-state index in [4.69, 9.17) is 9.84 Å². The third-order valence-electron chi connectivity index (χ3n) is 4.68. The van der Waals surface area contributed by atoms with Gasteiger partial charge >= 0.3 is 5.97 Å². The SMILES string of the molecule is Cc1cc(OC2CC(C)CCC2C(C)C)ccc1C(=O)O. The van der Waals surface area contributed by atoms with E-state index < -0.39 is 5.97 Å². The summed E-state index contributed by atoms with van der Waals surface area (Å²) in [5.74, 6) is 1.81. The highest BCUT2D eigenvalue weighted by Crippen LogP contribution is 2.36. The number of benzene rings is 1. The standard InChI is InChI=1S/C18H26O3/c1-11(2)15-7-5-12(3)9-17(15)21-14-6-8-16(18(19)20)13(4)10-14/h6,8,10-12,15,17H,5,7,9H2,1-4H3,(H,19,20). The van der Waals surface area contributed by atoms with Crippen molar-refractivity contribution in [1.82, 2.24) is 0 Å². The Kier molecular flexibility index (Phi) is 4.92. The summed E-state index contributed by atoms with van der Waals surface area (Å²) in [6.45, 7) is 8.62. The van der Waals surface area contributed by atoms with Gasteiger partial charge in [-0.15, -0.1) is 0 Å². The van der Waals surface area contributed by atoms with E-state index in [1.165, 1.54) is 12.8 Å². The van der Waals surface area contributed by atoms with Crippen molar-refractivity contribution in [1.29, 1.82) is 0 Å². The zero-order valence-electron chi connectivity index (χ0n) is 13.4. The van der Waals surface area contributed by atoms with E-state index in [9.17, 15) is 4.79 Å². The summed E-state index contributed by atoms with van der Waals surface area (Å²) in [5, 5.41) is 9.09. The second-order valence-electron chi connectivity index (χ2n) is 6.76. The van der Waals surface area contributed by atoms with Crippen LogP contribution in [0.3, 0.4) is 0 Å². The van der Waals surface area contributed by atoms with Crippen LogP contribution in [0.4, 0.5) is 0 Å². The Morgan fingerprint density at radius 3 is 2.62 bits per heavy atom. The average Bonchev–Trinajstić information content (AvgIpc) is 2.37. The van der Waals surface area contributed by atoms with Gasteiger partial charge in [0.15, 0.2) is 0 Å². The van der Waals surface area contributed by atoms with Crippen molar-refractivity contribution in [3.8, 4) is 5.75 Å². The highest BCUT2D eigenvalue weighted by atomic mass is 16.5. The van der Waals surface area contributed by atoms with Crippen LogP contribution in [0.5, 0.6) is 5.75 Å². The zero-order valence-corrected chi connectivity index (χ0v) is 13.4. The first-order chi connectivity index (χ1) is 9.88. The van der Waals surface area contributed by atoms with E-state index in [-0.39, 0.29) is 6.10 Å². The van der Waals surface area contributed by atoms with Gasteiger partial charge in [-0.2, -0.15) is 0 Å². The molecule has 1 N–H and O–H groups in total. The molecule has 3 atom stereocenters. The maximum absolute atomic E-state index is 11.1. The van der Waals surface area contributed by atoms with Gasteiger partial charge in [-0.05, 0) is 61.3 Å². The lowest BCUT2D eigenvalue weighted by Gasteiger charge is -2.37. The number of aromatic carboxylic acids is 1. The lowest BCUT2D eigenvalue weighted by molar-refractivity contribution is 0.0460. The number of carboxylic acid groups (broad SMARTS) is 1. The van der Waals surface area contributed by atoms with Crippen LogP contribution >= 0.6 is 0 Å². The van der Waals surface area contributed by atoms with Crippen molar-refractivity contribution in [2.24, 2.45) is 17.8 Å². The Labute approximate surface area is 127 Å². The van der Waals surface area contributed by atoms with E-state index in [1.807, 2.05) is 13.0 Å². The van der Waals surface area contributed by atoms with Gasteiger partial charge < -0.3 is 9.84 Å². The number of ether oxygens (including phenoxy) is 1. The molecule has 1 aliphatic rings. The second kappa shape index (κ2) is 6.50. The van der Waals surface area contributed by atoms with Crippen LogP contribution in [-0.2, 0) is 0 Å². The molecule has 21 heavy (non-hydrogen) atoms. The maximum Gasteiger partial charge on any atom is 0.335 e. The molecule has 1 aliphatic carbocycles. The van der Waals surface area contributed by atoms with Gasteiger partial charge in [0.05, 0.1) is 5.56 Å². The number of carboxylic acids is 1. The van der Waals surface area contributed by atoms with Crippen molar-refractivity contribution < 1.29 is 14.6 Å². The minimum atomic E-state index is -0.884. The number of rotatable bonds is 4. The van der Waals surface area contributed by atoms with Gasteiger partial charge in [0.1, 0.15) is 11.9 Å². The Hall–Kier alpha value is -1.51. The fourth-order valence-corrected chi connectivity index (χ4v) is 3.37. The van der Waals surface area contributed by atoms with Gasteiger partial charge in [0, 0.05) is 0 Å². The quantitative estimate of drug-likeness (QED) is 0.886. The molecule has 1 aromatic rings. The molecule has 0 spiro atoms. The molecule has 3 nitrogen and oxygen atoms in total. The predicted octanol–water partition coefficient (Wildman–Crippen LogP) is 4.53. The zero-order chi connectivity index (χ0) is 15.6. The molecule has 0 amide bonds. The van der Waals surface area contributed by atoms with Crippen LogP contribution in [0.15, 0.2) is 18.2 Å². The molecule has 1 saturated carbocycles. The highest BCUT2D eigenvalue weighted by molar-refractivity contribution is 5.89. The van der Waals surface area contributed by atoms with Gasteiger partial charge in [0.2, 0.25) is 0 Å². The summed E-state index contributed by atoms with van der Waals surface area (Å²) in [5.41, 5.74) is 1.10. The topological polar surface area (TPSA) is 46.5 Å². The smallest absolute Gasteiger partial charge is 0.335 e. The van der Waals surface area contributed by atoms with Crippen molar-refractivity contribution in [2.75, 3.05) is 0 Å². The monoisotopic (exact) mass is 290 g/mol. The number of hydrogen-bond acceptors (Lipinski definition) is 2. The fourth-order valence-electron chi connectivity index (χ4n) is 3.37. The molecule has 0 aromatic heterocycles. The Balaban J connectivity index is 2.15. The van der Waals surface area contributed by atoms with Crippen LogP contribution < -0.4 is 4.74 Å². The van der Waals surface area contributed by atoms with E-state index in [0.717, 1.165) is 17.7 Å². The van der Waals surface area contributed by atoms with E-state index in [1.54, 1.807) is 12.1 Å². The molecule has 116 valence electrons. The minimum absolute atomic E-state index is 0.240. The number of hydrogen-bond donors (Lipinski definition) is 1. The van der Waals surface area contributed by atoms with Crippen LogP contribution in [0, 0.1) is 24.7 Å². The first-order valence-electron chi connectivity index (χ1n) is 7.89. The van der Waals surface area contributed by atoms with E-state index in [2.05, 4.69) is 20.8 Å². The molecular formula is C18H26O3. The molecule has 0 saturated heterocycles. The number of aryl methyl sites for hydroxylation is 1. The van der Waals surface area contributed by atoms with Crippen LogP contribution in [0.1, 0.15) is 56.0 Å². The van der Waals surface area contributed by atoms with Gasteiger partial charge in [0.25, 0.3) is 0 Å². The predicted molar refractivity (Wildman–Crippen MR) is 83.9 cm³/mol. The molecule has 2 rings (SSSR count). The number of carbonyl (C=O) groups is 1. The lowest BCUT2D eigenvalue weighted by atomic mass is 9.75. The van der Waals surface area contributed by atoms with E-state index in [0.29, 0.717) is 23.3 Å². The molecule has 1 fully saturated rings. The van der Waals surface area contributed by atoms with Crippen LogP contribution in [-0.4, -0.2) is 17.2 Å². The van der Waals surface area contributed by atoms with Crippen LogP contribution in [0.25, 0.3) is 0 Å². The average molecular weight is 290 g/mol. The highest BCUT2D eigenvalue weighted by Gasteiger charge is 2.32. The van der Waals surface area contributed by atoms with E-state index >= 15 is 0 Å². The second-order valence-corrected chi connectivity index (χ2v) is 6.76. The molecule has 0 bridgehead atoms. The Bertz CT molecular complexity index is 507. The van der Waals surface area contributed by atoms with Crippen molar-refractivity contribution in [3.05, 3.63) is 29.3 Å². The largest absolute Gasteiger partial charge is 0.490 e. The molecule has 0 aliphatic heterocycles. The third-order valence-corrected chi connectivity index (χ3v) is 4.68. The van der Waals surface area contributed by atoms with Gasteiger partial charge in [-0.1, -0.05) is 27.2 Å². The van der Waals surface area contributed by atoms with Crippen molar-refractivity contribution >= 4 is 5.97 Å². The third kappa shape index (κ3) is 3.78. The summed E-state index contributed by atoms with van der Waals surface area (Å²) in [6.07, 6.45) is 3.82. The summed E-state index contributed by atoms with van der Waals surface area (Å²) in [7, 11) is 0. The summed E-state index contributed by atoms with van der Waals surface area (Å²) in [4.78, 5) is 11.1. The first kappa shape index (κ1) is 15.9. The maximum atomic E-state index is 11.1. The minimum Gasteiger partial charge on any atom is -0.490 e. The molecular weight excluding hydrogens is 264 g/mol. The lowest BCUT2D eigenvalue weighted by Crippen LogP contribution is -2.36. The van der Waals surface area contributed by atoms with Gasteiger partial charge in [-0.3, -0.25) is 0 Å². The summed E-state index contributed by atoms with van der Waals surface area (Å²) >= 11 is 0. The fraction of sp³-hybridized carbons (Fsp3) is 0.611. The summed E-state index contributed by atoms with van der Waals surface area (Å²) < 4.78 is 6.22. The Morgan fingerprint density at radius 1 is 1.33 bits per heavy atom. The normalized spacial score (nSPS) is 25.9. The van der Waals surface area contributed by atoms with Crippen molar-refractivity contribution in [2.45, 2.75) is 53.1 Å². The molecule has 1 aromatic carbocycles. The molecule has 0 heterocycles. The molecule has 3 heteroatoms. The summed E-state index contributed by atoms with van der Waals surface area (Å²) in [6, 6.07) is 5.27. The van der Waals surface area contributed by atoms with Crippen molar-refractivity contribution in [3.63, 3.8) is 0 Å². The first-order valence-corrected chi connectivity index (χ1v) is 7.89.